The van der Waals surface area contributed by atoms with Gasteiger partial charge in [-0.1, -0.05) is 0 Å². The standard InChI is InChI=1S/C18H30N2O/c1-5-21-18-13-14(2)17(15(3)16(18)4)7-6-10-20-11-8-19-9-12-20/h13,19H,5-12H2,1-4H3. The quantitative estimate of drug-likeness (QED) is 0.872. The van der Waals surface area contributed by atoms with Crippen LogP contribution in [0.3, 0.4) is 0 Å². The zero-order valence-corrected chi connectivity index (χ0v) is 14.1. The van der Waals surface area contributed by atoms with Gasteiger partial charge in [-0.05, 0) is 75.4 Å². The molecule has 1 saturated heterocycles. The second-order valence-corrected chi connectivity index (χ2v) is 6.05. The minimum Gasteiger partial charge on any atom is -0.494 e. The van der Waals surface area contributed by atoms with Crippen molar-refractivity contribution in [2.24, 2.45) is 0 Å². The predicted octanol–water partition coefficient (Wildman–Crippen LogP) is 2.85. The third-order valence-electron chi connectivity index (χ3n) is 4.62. The lowest BCUT2D eigenvalue weighted by molar-refractivity contribution is 0.238. The average Bonchev–Trinajstić information content (AvgIpc) is 2.49. The van der Waals surface area contributed by atoms with E-state index in [1.165, 1.54) is 54.7 Å². The van der Waals surface area contributed by atoms with Gasteiger partial charge in [-0.3, -0.25) is 0 Å². The van der Waals surface area contributed by atoms with Crippen molar-refractivity contribution in [3.05, 3.63) is 28.3 Å². The molecule has 118 valence electrons. The monoisotopic (exact) mass is 290 g/mol. The molecule has 0 radical (unpaired) electrons. The molecule has 0 amide bonds. The molecule has 0 saturated carbocycles. The lowest BCUT2D eigenvalue weighted by Gasteiger charge is -2.27. The number of hydrogen-bond donors (Lipinski definition) is 1. The molecule has 0 atom stereocenters. The third kappa shape index (κ3) is 4.21. The van der Waals surface area contributed by atoms with E-state index in [4.69, 9.17) is 4.74 Å². The highest BCUT2D eigenvalue weighted by Gasteiger charge is 2.13. The Balaban J connectivity index is 1.97. The van der Waals surface area contributed by atoms with Crippen molar-refractivity contribution in [1.82, 2.24) is 10.2 Å². The van der Waals surface area contributed by atoms with Crippen molar-refractivity contribution in [2.45, 2.75) is 40.5 Å². The highest BCUT2D eigenvalue weighted by atomic mass is 16.5. The highest BCUT2D eigenvalue weighted by molar-refractivity contribution is 5.48. The number of aryl methyl sites for hydroxylation is 1. The molecule has 1 aliphatic rings. The van der Waals surface area contributed by atoms with Crippen molar-refractivity contribution in [2.75, 3.05) is 39.3 Å². The van der Waals surface area contributed by atoms with Crippen LogP contribution in [0.4, 0.5) is 0 Å². The molecule has 1 heterocycles. The van der Waals surface area contributed by atoms with Gasteiger partial charge in [0, 0.05) is 26.2 Å². The zero-order chi connectivity index (χ0) is 15.2. The van der Waals surface area contributed by atoms with Gasteiger partial charge < -0.3 is 15.0 Å². The molecule has 2 rings (SSSR count). The first-order valence-corrected chi connectivity index (χ1v) is 8.29. The fraction of sp³-hybridized carbons (Fsp3) is 0.667. The number of hydrogen-bond acceptors (Lipinski definition) is 3. The summed E-state index contributed by atoms with van der Waals surface area (Å²) < 4.78 is 5.74. The van der Waals surface area contributed by atoms with E-state index in [0.29, 0.717) is 0 Å². The number of ether oxygens (including phenoxy) is 1. The van der Waals surface area contributed by atoms with Crippen molar-refractivity contribution >= 4 is 0 Å². The Kier molecular flexibility index (Phi) is 6.07. The molecule has 21 heavy (non-hydrogen) atoms. The van der Waals surface area contributed by atoms with Gasteiger partial charge in [-0.25, -0.2) is 0 Å². The fourth-order valence-corrected chi connectivity index (χ4v) is 3.20. The summed E-state index contributed by atoms with van der Waals surface area (Å²) >= 11 is 0. The summed E-state index contributed by atoms with van der Waals surface area (Å²) in [5, 5.41) is 3.41. The average molecular weight is 290 g/mol. The summed E-state index contributed by atoms with van der Waals surface area (Å²) in [4.78, 5) is 2.57. The van der Waals surface area contributed by atoms with E-state index in [0.717, 1.165) is 25.4 Å². The summed E-state index contributed by atoms with van der Waals surface area (Å²) in [7, 11) is 0. The molecule has 3 heteroatoms. The second kappa shape index (κ2) is 7.81. The Morgan fingerprint density at radius 3 is 2.52 bits per heavy atom. The first-order valence-electron chi connectivity index (χ1n) is 8.29. The normalized spacial score (nSPS) is 16.2. The van der Waals surface area contributed by atoms with Gasteiger partial charge in [0.15, 0.2) is 0 Å². The Bertz CT molecular complexity index is 465. The zero-order valence-electron chi connectivity index (χ0n) is 14.1. The predicted molar refractivity (Wildman–Crippen MR) is 89.5 cm³/mol. The minimum atomic E-state index is 0.738. The maximum Gasteiger partial charge on any atom is 0.122 e. The molecule has 0 spiro atoms. The topological polar surface area (TPSA) is 24.5 Å². The summed E-state index contributed by atoms with van der Waals surface area (Å²) in [5.41, 5.74) is 5.62. The highest BCUT2D eigenvalue weighted by Crippen LogP contribution is 2.28. The van der Waals surface area contributed by atoms with Gasteiger partial charge in [0.25, 0.3) is 0 Å². The van der Waals surface area contributed by atoms with Gasteiger partial charge in [-0.2, -0.15) is 0 Å². The largest absolute Gasteiger partial charge is 0.494 e. The molecule has 0 unspecified atom stereocenters. The maximum atomic E-state index is 5.74. The Morgan fingerprint density at radius 1 is 1.14 bits per heavy atom. The lowest BCUT2D eigenvalue weighted by Crippen LogP contribution is -2.43. The molecule has 0 aliphatic carbocycles. The van der Waals surface area contributed by atoms with Crippen LogP contribution in [0.25, 0.3) is 0 Å². The molecular formula is C18H30N2O. The molecule has 1 aromatic rings. The van der Waals surface area contributed by atoms with Crippen molar-refractivity contribution in [1.29, 1.82) is 0 Å². The lowest BCUT2D eigenvalue weighted by atomic mass is 9.94. The van der Waals surface area contributed by atoms with Crippen molar-refractivity contribution in [3.8, 4) is 5.75 Å². The third-order valence-corrected chi connectivity index (χ3v) is 4.62. The fourth-order valence-electron chi connectivity index (χ4n) is 3.20. The summed E-state index contributed by atoms with van der Waals surface area (Å²) in [6.45, 7) is 15.3. The second-order valence-electron chi connectivity index (χ2n) is 6.05. The van der Waals surface area contributed by atoms with Crippen LogP contribution in [0, 0.1) is 20.8 Å². The Labute approximate surface area is 129 Å². The van der Waals surface area contributed by atoms with Crippen LogP contribution in [0.2, 0.25) is 0 Å². The summed E-state index contributed by atoms with van der Waals surface area (Å²) in [6.07, 6.45) is 2.42. The number of nitrogens with one attached hydrogen (secondary N) is 1. The summed E-state index contributed by atoms with van der Waals surface area (Å²) in [5.74, 6) is 1.05. The van der Waals surface area contributed by atoms with Gasteiger partial charge >= 0.3 is 0 Å². The number of rotatable bonds is 6. The van der Waals surface area contributed by atoms with E-state index in [1.807, 2.05) is 6.92 Å². The molecule has 1 fully saturated rings. The summed E-state index contributed by atoms with van der Waals surface area (Å²) in [6, 6.07) is 2.21. The van der Waals surface area contributed by atoms with E-state index < -0.39 is 0 Å². The van der Waals surface area contributed by atoms with Crippen LogP contribution >= 0.6 is 0 Å². The van der Waals surface area contributed by atoms with Gasteiger partial charge in [0.05, 0.1) is 6.61 Å². The van der Waals surface area contributed by atoms with Gasteiger partial charge in [0.1, 0.15) is 5.75 Å². The van der Waals surface area contributed by atoms with E-state index in [-0.39, 0.29) is 0 Å². The maximum absolute atomic E-state index is 5.74. The van der Waals surface area contributed by atoms with Crippen LogP contribution in [0.15, 0.2) is 6.07 Å². The number of benzene rings is 1. The smallest absolute Gasteiger partial charge is 0.122 e. The molecule has 0 aromatic heterocycles. The SMILES string of the molecule is CCOc1cc(C)c(CCCN2CCNCC2)c(C)c1C. The van der Waals surface area contributed by atoms with Gasteiger partial charge in [-0.15, -0.1) is 0 Å². The van der Waals surface area contributed by atoms with E-state index in [1.54, 1.807) is 0 Å². The van der Waals surface area contributed by atoms with Gasteiger partial charge in [0.2, 0.25) is 0 Å². The molecule has 1 aromatic carbocycles. The Morgan fingerprint density at radius 2 is 1.86 bits per heavy atom. The van der Waals surface area contributed by atoms with Crippen molar-refractivity contribution < 1.29 is 4.74 Å². The van der Waals surface area contributed by atoms with Crippen LogP contribution in [-0.4, -0.2) is 44.2 Å². The minimum absolute atomic E-state index is 0.738. The molecular weight excluding hydrogens is 260 g/mol. The molecule has 3 nitrogen and oxygen atoms in total. The first-order chi connectivity index (χ1) is 10.1. The van der Waals surface area contributed by atoms with Crippen LogP contribution in [0.5, 0.6) is 5.75 Å². The van der Waals surface area contributed by atoms with Crippen LogP contribution in [0.1, 0.15) is 35.6 Å². The molecule has 1 N–H and O–H groups in total. The number of nitrogens with zero attached hydrogens (tertiary/aromatic N) is 1. The molecule has 0 bridgehead atoms. The Hall–Kier alpha value is -1.06. The van der Waals surface area contributed by atoms with Crippen molar-refractivity contribution in [3.63, 3.8) is 0 Å². The van der Waals surface area contributed by atoms with E-state index in [9.17, 15) is 0 Å². The van der Waals surface area contributed by atoms with E-state index >= 15 is 0 Å². The first kappa shape index (κ1) is 16.3. The van der Waals surface area contributed by atoms with E-state index in [2.05, 4.69) is 37.1 Å². The number of piperazine rings is 1. The van der Waals surface area contributed by atoms with Crippen LogP contribution in [-0.2, 0) is 6.42 Å². The molecule has 1 aliphatic heterocycles. The van der Waals surface area contributed by atoms with Crippen LogP contribution < -0.4 is 10.1 Å².